The minimum Gasteiger partial charge on any atom is -0.393 e. The number of aliphatic hydroxyl groups excluding tert-OH is 2. The molecule has 0 aliphatic heterocycles. The molecule has 0 saturated heterocycles. The Morgan fingerprint density at radius 2 is 1.80 bits per heavy atom. The zero-order valence-electron chi connectivity index (χ0n) is 19.9. The molecule has 0 aromatic rings. The first-order chi connectivity index (χ1) is 14.1. The van der Waals surface area contributed by atoms with E-state index in [2.05, 4.69) is 65.5 Å². The lowest BCUT2D eigenvalue weighted by Crippen LogP contribution is -2.35. The lowest BCUT2D eigenvalue weighted by molar-refractivity contribution is 0.0862. The highest BCUT2D eigenvalue weighted by molar-refractivity contribution is 5.38. The van der Waals surface area contributed by atoms with Crippen LogP contribution >= 0.6 is 0 Å². The largest absolute Gasteiger partial charge is 0.393 e. The SMILES string of the molecule is C=C1/C(=C/C=C2\CCC[C@]3(C)[C@@H]([C@H](C)/C=C\[C@H](C)C(C)C)CC[C@@H]23)C[C@@H](O)C[C@@H]1O. The monoisotopic (exact) mass is 412 g/mol. The van der Waals surface area contributed by atoms with Crippen molar-refractivity contribution in [3.8, 4) is 0 Å². The summed E-state index contributed by atoms with van der Waals surface area (Å²) in [5, 5.41) is 20.2. The molecule has 7 atom stereocenters. The predicted molar refractivity (Wildman–Crippen MR) is 127 cm³/mol. The van der Waals surface area contributed by atoms with E-state index in [1.165, 1.54) is 32.1 Å². The summed E-state index contributed by atoms with van der Waals surface area (Å²) in [4.78, 5) is 0. The summed E-state index contributed by atoms with van der Waals surface area (Å²) in [5.41, 5.74) is 3.77. The maximum atomic E-state index is 10.1. The van der Waals surface area contributed by atoms with Crippen molar-refractivity contribution in [2.75, 3.05) is 0 Å². The Kier molecular flexibility index (Phi) is 7.51. The number of fused-ring (bicyclic) bond motifs is 1. The standard InChI is InChI=1S/C28H44O2/c1-18(2)19(3)9-10-20(4)25-13-14-26-22(8-7-15-28(25,26)6)11-12-23-16-24(29)17-27(30)21(23)5/h9-12,18-20,24-27,29-30H,5,7-8,13-17H2,1-4,6H3/b10-9-,22-11+,23-12+/t19-,20+,24+,25+,26-,27-,28+/m0/s1. The van der Waals surface area contributed by atoms with Crippen LogP contribution in [-0.4, -0.2) is 22.4 Å². The number of hydrogen-bond donors (Lipinski definition) is 2. The van der Waals surface area contributed by atoms with Crippen LogP contribution in [0.4, 0.5) is 0 Å². The number of aliphatic hydroxyl groups is 2. The summed E-state index contributed by atoms with van der Waals surface area (Å²) in [5.74, 6) is 3.38. The van der Waals surface area contributed by atoms with Gasteiger partial charge < -0.3 is 10.2 Å². The number of rotatable bonds is 5. The Morgan fingerprint density at radius 3 is 2.50 bits per heavy atom. The van der Waals surface area contributed by atoms with Crippen molar-refractivity contribution in [3.05, 3.63) is 47.6 Å². The highest BCUT2D eigenvalue weighted by Gasteiger charge is 2.50. The molecule has 0 aromatic heterocycles. The molecule has 0 radical (unpaired) electrons. The third-order valence-electron chi connectivity index (χ3n) is 8.71. The average molecular weight is 413 g/mol. The fourth-order valence-corrected chi connectivity index (χ4v) is 6.32. The summed E-state index contributed by atoms with van der Waals surface area (Å²) >= 11 is 0. The summed E-state index contributed by atoms with van der Waals surface area (Å²) < 4.78 is 0. The fraction of sp³-hybridized carbons (Fsp3) is 0.714. The molecular weight excluding hydrogens is 368 g/mol. The molecule has 0 unspecified atom stereocenters. The van der Waals surface area contributed by atoms with Crippen LogP contribution in [0.25, 0.3) is 0 Å². The van der Waals surface area contributed by atoms with Gasteiger partial charge in [0.15, 0.2) is 0 Å². The highest BCUT2D eigenvalue weighted by Crippen LogP contribution is 2.59. The second-order valence-electron chi connectivity index (χ2n) is 11.0. The van der Waals surface area contributed by atoms with Gasteiger partial charge in [-0.05, 0) is 84.7 Å². The summed E-state index contributed by atoms with van der Waals surface area (Å²) in [6, 6.07) is 0. The molecule has 0 aromatic carbocycles. The molecule has 2 heteroatoms. The van der Waals surface area contributed by atoms with E-state index >= 15 is 0 Å². The van der Waals surface area contributed by atoms with Crippen molar-refractivity contribution in [1.29, 1.82) is 0 Å². The Morgan fingerprint density at radius 1 is 1.07 bits per heavy atom. The zero-order chi connectivity index (χ0) is 22.1. The van der Waals surface area contributed by atoms with E-state index in [0.717, 1.165) is 17.1 Å². The summed E-state index contributed by atoms with van der Waals surface area (Å²) in [6.07, 6.45) is 15.8. The second-order valence-corrected chi connectivity index (χ2v) is 11.0. The molecule has 0 amide bonds. The minimum absolute atomic E-state index is 0.385. The van der Waals surface area contributed by atoms with Gasteiger partial charge >= 0.3 is 0 Å². The maximum absolute atomic E-state index is 10.1. The third-order valence-corrected chi connectivity index (χ3v) is 8.71. The van der Waals surface area contributed by atoms with E-state index in [1.807, 2.05) is 0 Å². The molecule has 0 spiro atoms. The van der Waals surface area contributed by atoms with Crippen LogP contribution in [-0.2, 0) is 0 Å². The van der Waals surface area contributed by atoms with Gasteiger partial charge in [0.05, 0.1) is 12.2 Å². The topological polar surface area (TPSA) is 40.5 Å². The zero-order valence-corrected chi connectivity index (χ0v) is 19.9. The van der Waals surface area contributed by atoms with Crippen LogP contribution in [0.1, 0.15) is 79.6 Å². The second kappa shape index (κ2) is 9.57. The van der Waals surface area contributed by atoms with Gasteiger partial charge in [0, 0.05) is 6.42 Å². The first-order valence-corrected chi connectivity index (χ1v) is 12.3. The Bertz CT molecular complexity index is 712. The third kappa shape index (κ3) is 4.86. The lowest BCUT2D eigenvalue weighted by Gasteiger charge is -2.44. The molecule has 0 bridgehead atoms. The van der Waals surface area contributed by atoms with E-state index in [-0.39, 0.29) is 0 Å². The van der Waals surface area contributed by atoms with Gasteiger partial charge in [-0.25, -0.2) is 0 Å². The van der Waals surface area contributed by atoms with E-state index < -0.39 is 12.2 Å². The van der Waals surface area contributed by atoms with Gasteiger partial charge in [-0.15, -0.1) is 0 Å². The molecule has 2 nitrogen and oxygen atoms in total. The molecule has 3 fully saturated rings. The van der Waals surface area contributed by atoms with Gasteiger partial charge in [-0.1, -0.05) is 71.1 Å². The maximum Gasteiger partial charge on any atom is 0.0811 e. The van der Waals surface area contributed by atoms with Crippen molar-refractivity contribution < 1.29 is 10.2 Å². The van der Waals surface area contributed by atoms with Crippen LogP contribution in [0.5, 0.6) is 0 Å². The molecule has 168 valence electrons. The van der Waals surface area contributed by atoms with Crippen molar-refractivity contribution in [2.24, 2.45) is 35.0 Å². The molecule has 30 heavy (non-hydrogen) atoms. The van der Waals surface area contributed by atoms with Crippen molar-refractivity contribution in [3.63, 3.8) is 0 Å². The fourth-order valence-electron chi connectivity index (χ4n) is 6.32. The van der Waals surface area contributed by atoms with E-state index in [9.17, 15) is 10.2 Å². The normalized spacial score (nSPS) is 39.8. The Balaban J connectivity index is 1.76. The molecule has 3 aliphatic rings. The molecule has 3 rings (SSSR count). The van der Waals surface area contributed by atoms with E-state index in [0.29, 0.717) is 41.9 Å². The Labute approximate surface area is 184 Å². The molecule has 0 heterocycles. The van der Waals surface area contributed by atoms with Gasteiger partial charge in [0.2, 0.25) is 0 Å². The van der Waals surface area contributed by atoms with Gasteiger partial charge in [0.25, 0.3) is 0 Å². The molecular formula is C28H44O2. The molecule has 3 aliphatic carbocycles. The van der Waals surface area contributed by atoms with Crippen LogP contribution in [0, 0.1) is 35.0 Å². The van der Waals surface area contributed by atoms with Gasteiger partial charge in [-0.2, -0.15) is 0 Å². The van der Waals surface area contributed by atoms with Crippen LogP contribution in [0.2, 0.25) is 0 Å². The Hall–Kier alpha value is -1.12. The van der Waals surface area contributed by atoms with Crippen LogP contribution in [0.3, 0.4) is 0 Å². The van der Waals surface area contributed by atoms with E-state index in [1.54, 1.807) is 5.57 Å². The lowest BCUT2D eigenvalue weighted by atomic mass is 9.61. The smallest absolute Gasteiger partial charge is 0.0811 e. The molecule has 3 saturated carbocycles. The summed E-state index contributed by atoms with van der Waals surface area (Å²) in [7, 11) is 0. The van der Waals surface area contributed by atoms with Gasteiger partial charge in [0.1, 0.15) is 0 Å². The minimum atomic E-state index is -0.605. The van der Waals surface area contributed by atoms with Crippen molar-refractivity contribution in [1.82, 2.24) is 0 Å². The quantitative estimate of drug-likeness (QED) is 0.499. The highest BCUT2D eigenvalue weighted by atomic mass is 16.3. The van der Waals surface area contributed by atoms with Crippen molar-refractivity contribution in [2.45, 2.75) is 91.8 Å². The molecule has 2 N–H and O–H groups in total. The predicted octanol–water partition coefficient (Wildman–Crippen LogP) is 6.61. The number of allylic oxidation sites excluding steroid dienone is 5. The average Bonchev–Trinajstić information content (AvgIpc) is 3.04. The summed E-state index contributed by atoms with van der Waals surface area (Å²) in [6.45, 7) is 16.0. The van der Waals surface area contributed by atoms with Crippen LogP contribution in [0.15, 0.2) is 47.6 Å². The number of hydrogen-bond acceptors (Lipinski definition) is 2. The van der Waals surface area contributed by atoms with E-state index in [4.69, 9.17) is 0 Å². The first kappa shape index (κ1) is 23.5. The van der Waals surface area contributed by atoms with Gasteiger partial charge in [-0.3, -0.25) is 0 Å². The van der Waals surface area contributed by atoms with Crippen molar-refractivity contribution >= 4 is 0 Å². The first-order valence-electron chi connectivity index (χ1n) is 12.3. The van der Waals surface area contributed by atoms with Crippen LogP contribution < -0.4 is 0 Å².